The van der Waals surface area contributed by atoms with Crippen LogP contribution in [-0.2, 0) is 20.5 Å². The zero-order valence-corrected chi connectivity index (χ0v) is 25.7. The van der Waals surface area contributed by atoms with Crippen LogP contribution in [0.1, 0.15) is 84.8 Å². The Kier molecular flexibility index (Phi) is 9.11. The van der Waals surface area contributed by atoms with Crippen LogP contribution < -0.4 is 11.4 Å². The maximum atomic E-state index is 12.9. The summed E-state index contributed by atoms with van der Waals surface area (Å²) in [6.45, 7) is 18.9. The first kappa shape index (κ1) is 30.9. The van der Waals surface area contributed by atoms with Crippen LogP contribution in [0, 0.1) is 15.5 Å². The Labute approximate surface area is 232 Å². The first-order chi connectivity index (χ1) is 18.0. The SMILES string of the molecule is CC[C@H]1O[C@@H](n2cc(CO[C@H](c3ccccc3[N+](=O)[O-])C(C)(C)C)c(N)nc2=O)CC1O[Si](C)(C)C(C)(C)C. The van der Waals surface area contributed by atoms with E-state index in [2.05, 4.69) is 38.8 Å². The molecule has 1 aromatic heterocycles. The number of para-hydroxylation sites is 1. The number of nitro benzene ring substituents is 1. The summed E-state index contributed by atoms with van der Waals surface area (Å²) >= 11 is 0. The monoisotopic (exact) mass is 560 g/mol. The standard InChI is InChI=1S/C28H44N4O6Si/c1-10-21-22(38-39(8,9)28(5,6)7)15-23(37-21)31-16-18(25(29)30-26(31)33)17-36-24(27(2,3)4)19-13-11-12-14-20(19)32(34)35/h11-14,16,21-24H,10,15,17H2,1-9H3,(H2,29,30,33)/t21-,22?,23-,24-/m1/s1. The molecule has 0 radical (unpaired) electrons. The van der Waals surface area contributed by atoms with Crippen molar-refractivity contribution in [3.05, 3.63) is 62.2 Å². The van der Waals surface area contributed by atoms with Gasteiger partial charge in [-0.1, -0.05) is 60.6 Å². The molecule has 0 saturated carbocycles. The zero-order chi connectivity index (χ0) is 29.3. The van der Waals surface area contributed by atoms with E-state index in [1.165, 1.54) is 10.6 Å². The van der Waals surface area contributed by atoms with Gasteiger partial charge in [0, 0.05) is 24.2 Å². The second-order valence-corrected chi connectivity index (χ2v) is 17.7. The van der Waals surface area contributed by atoms with Crippen molar-refractivity contribution < 1.29 is 18.8 Å². The molecule has 2 heterocycles. The van der Waals surface area contributed by atoms with Crippen molar-refractivity contribution in [2.45, 2.75) is 111 Å². The summed E-state index contributed by atoms with van der Waals surface area (Å²) in [5.41, 5.74) is 6.15. The first-order valence-corrected chi connectivity index (χ1v) is 16.4. The summed E-state index contributed by atoms with van der Waals surface area (Å²) in [5.74, 6) is 0.0607. The smallest absolute Gasteiger partial charge is 0.351 e. The van der Waals surface area contributed by atoms with E-state index in [9.17, 15) is 14.9 Å². The minimum absolute atomic E-state index is 0.00812. The Balaban J connectivity index is 1.88. The van der Waals surface area contributed by atoms with Gasteiger partial charge in [0.15, 0.2) is 8.32 Å². The lowest BCUT2D eigenvalue weighted by Crippen LogP contribution is -2.45. The van der Waals surface area contributed by atoms with Crippen LogP contribution in [0.25, 0.3) is 0 Å². The Morgan fingerprint density at radius 1 is 1.23 bits per heavy atom. The minimum Gasteiger partial charge on any atom is -0.411 e. The molecule has 39 heavy (non-hydrogen) atoms. The van der Waals surface area contributed by atoms with E-state index in [4.69, 9.17) is 19.6 Å². The summed E-state index contributed by atoms with van der Waals surface area (Å²) in [6, 6.07) is 6.56. The number of anilines is 1. The summed E-state index contributed by atoms with van der Waals surface area (Å²) in [5, 5.41) is 11.7. The number of hydrogen-bond acceptors (Lipinski definition) is 8. The van der Waals surface area contributed by atoms with Gasteiger partial charge in [0.1, 0.15) is 12.0 Å². The highest BCUT2D eigenvalue weighted by molar-refractivity contribution is 6.74. The predicted molar refractivity (Wildman–Crippen MR) is 154 cm³/mol. The Morgan fingerprint density at radius 3 is 2.44 bits per heavy atom. The van der Waals surface area contributed by atoms with Gasteiger partial charge < -0.3 is 19.6 Å². The van der Waals surface area contributed by atoms with Crippen molar-refractivity contribution in [1.82, 2.24) is 9.55 Å². The van der Waals surface area contributed by atoms with E-state index in [-0.39, 0.29) is 35.4 Å². The maximum Gasteiger partial charge on any atom is 0.351 e. The number of nitrogen functional groups attached to an aromatic ring is 1. The van der Waals surface area contributed by atoms with Gasteiger partial charge >= 0.3 is 5.69 Å². The third kappa shape index (κ3) is 6.94. The zero-order valence-electron chi connectivity index (χ0n) is 24.7. The van der Waals surface area contributed by atoms with Crippen LogP contribution in [0.4, 0.5) is 11.5 Å². The van der Waals surface area contributed by atoms with Gasteiger partial charge in [-0.15, -0.1) is 0 Å². The quantitative estimate of drug-likeness (QED) is 0.220. The number of aromatic nitrogens is 2. The van der Waals surface area contributed by atoms with Crippen LogP contribution >= 0.6 is 0 Å². The molecule has 1 aromatic carbocycles. The van der Waals surface area contributed by atoms with E-state index in [0.717, 1.165) is 6.42 Å². The molecule has 11 heteroatoms. The van der Waals surface area contributed by atoms with Crippen molar-refractivity contribution in [3.8, 4) is 0 Å². The molecule has 216 valence electrons. The van der Waals surface area contributed by atoms with Crippen LogP contribution in [0.2, 0.25) is 18.1 Å². The number of hydrogen-bond donors (Lipinski definition) is 1. The summed E-state index contributed by atoms with van der Waals surface area (Å²) < 4.78 is 20.7. The van der Waals surface area contributed by atoms with Gasteiger partial charge in [0.05, 0.1) is 35.4 Å². The highest BCUT2D eigenvalue weighted by Crippen LogP contribution is 2.42. The number of ether oxygens (including phenoxy) is 2. The molecule has 0 amide bonds. The second-order valence-electron chi connectivity index (χ2n) is 12.9. The fourth-order valence-corrected chi connectivity index (χ4v) is 5.97. The van der Waals surface area contributed by atoms with Gasteiger partial charge in [-0.2, -0.15) is 4.98 Å². The molecule has 1 saturated heterocycles. The molecule has 0 spiro atoms. The lowest BCUT2D eigenvalue weighted by atomic mass is 9.84. The molecule has 0 aliphatic carbocycles. The van der Waals surface area contributed by atoms with Crippen molar-refractivity contribution in [2.24, 2.45) is 5.41 Å². The van der Waals surface area contributed by atoms with Gasteiger partial charge in [0.2, 0.25) is 0 Å². The number of rotatable bonds is 9. The Hall–Kier alpha value is -2.60. The average Bonchev–Trinajstić information content (AvgIpc) is 3.20. The largest absolute Gasteiger partial charge is 0.411 e. The highest BCUT2D eigenvalue weighted by Gasteiger charge is 2.45. The first-order valence-electron chi connectivity index (χ1n) is 13.5. The van der Waals surface area contributed by atoms with E-state index < -0.39 is 36.7 Å². The van der Waals surface area contributed by atoms with Crippen LogP contribution in [0.15, 0.2) is 35.3 Å². The maximum absolute atomic E-state index is 12.9. The van der Waals surface area contributed by atoms with E-state index in [1.807, 2.05) is 27.7 Å². The molecule has 2 aromatic rings. The van der Waals surface area contributed by atoms with Gasteiger partial charge in [-0.3, -0.25) is 14.7 Å². The molecule has 0 bridgehead atoms. The average molecular weight is 561 g/mol. The second kappa shape index (κ2) is 11.5. The summed E-state index contributed by atoms with van der Waals surface area (Å²) in [6.07, 6.45) is 1.50. The van der Waals surface area contributed by atoms with E-state index in [0.29, 0.717) is 17.5 Å². The fraction of sp³-hybridized carbons (Fsp3) is 0.643. The van der Waals surface area contributed by atoms with Crippen LogP contribution in [0.3, 0.4) is 0 Å². The number of nitrogens with zero attached hydrogens (tertiary/aromatic N) is 3. The number of nitro groups is 1. The molecule has 3 rings (SSSR count). The Morgan fingerprint density at radius 2 is 1.87 bits per heavy atom. The van der Waals surface area contributed by atoms with Gasteiger partial charge in [-0.25, -0.2) is 4.79 Å². The molecule has 10 nitrogen and oxygen atoms in total. The highest BCUT2D eigenvalue weighted by atomic mass is 28.4. The molecule has 4 atom stereocenters. The normalized spacial score (nSPS) is 21.2. The molecule has 1 aliphatic rings. The fourth-order valence-electron chi connectivity index (χ4n) is 4.61. The van der Waals surface area contributed by atoms with E-state index in [1.54, 1.807) is 24.4 Å². The third-order valence-electron chi connectivity index (χ3n) is 7.81. The summed E-state index contributed by atoms with van der Waals surface area (Å²) in [7, 11) is -2.05. The van der Waals surface area contributed by atoms with E-state index >= 15 is 0 Å². The molecular formula is C28H44N4O6Si. The Bertz CT molecular complexity index is 1230. The topological polar surface area (TPSA) is 132 Å². The van der Waals surface area contributed by atoms with Crippen LogP contribution in [-0.4, -0.2) is 35.0 Å². The third-order valence-corrected chi connectivity index (χ3v) is 12.3. The molecule has 2 N–H and O–H groups in total. The molecular weight excluding hydrogens is 516 g/mol. The minimum atomic E-state index is -2.05. The van der Waals surface area contributed by atoms with Crippen molar-refractivity contribution in [3.63, 3.8) is 0 Å². The predicted octanol–water partition coefficient (Wildman–Crippen LogP) is 6.13. The van der Waals surface area contributed by atoms with Gasteiger partial charge in [-0.05, 0) is 36.0 Å². The molecule has 1 unspecified atom stereocenters. The van der Waals surface area contributed by atoms with Crippen LogP contribution in [0.5, 0.6) is 0 Å². The van der Waals surface area contributed by atoms with Gasteiger partial charge in [0.25, 0.3) is 5.69 Å². The number of nitrogens with two attached hydrogens (primary N) is 1. The lowest BCUT2D eigenvalue weighted by Gasteiger charge is -2.39. The van der Waals surface area contributed by atoms with Crippen molar-refractivity contribution >= 4 is 19.8 Å². The van der Waals surface area contributed by atoms with Crippen molar-refractivity contribution in [1.29, 1.82) is 0 Å². The summed E-state index contributed by atoms with van der Waals surface area (Å²) in [4.78, 5) is 28.2. The number of benzene rings is 1. The van der Waals surface area contributed by atoms with Crippen molar-refractivity contribution in [2.75, 3.05) is 5.73 Å². The molecule has 1 aliphatic heterocycles. The lowest BCUT2D eigenvalue weighted by molar-refractivity contribution is -0.386. The molecule has 1 fully saturated rings.